The van der Waals surface area contributed by atoms with E-state index in [0.29, 0.717) is 5.41 Å². The van der Waals surface area contributed by atoms with Crippen LogP contribution in [0.3, 0.4) is 0 Å². The average molecular weight is 126 g/mol. The lowest BCUT2D eigenvalue weighted by Gasteiger charge is -2.17. The van der Waals surface area contributed by atoms with Crippen molar-refractivity contribution in [3.05, 3.63) is 0 Å². The largest absolute Gasteiger partial charge is 0.0651 e. The summed E-state index contributed by atoms with van der Waals surface area (Å²) < 4.78 is 0. The summed E-state index contributed by atoms with van der Waals surface area (Å²) in [5.41, 5.74) is 0.584. The van der Waals surface area contributed by atoms with Crippen molar-refractivity contribution in [3.63, 3.8) is 0 Å². The molecule has 0 bridgehead atoms. The van der Waals surface area contributed by atoms with Crippen molar-refractivity contribution in [1.29, 1.82) is 0 Å². The van der Waals surface area contributed by atoms with Crippen LogP contribution in [0, 0.1) is 17.3 Å². The van der Waals surface area contributed by atoms with Gasteiger partial charge in [-0.05, 0) is 23.7 Å². The number of hydrogen-bond acceptors (Lipinski definition) is 0. The van der Waals surface area contributed by atoms with Crippen molar-refractivity contribution in [2.24, 2.45) is 17.3 Å². The Hall–Kier alpha value is 0. The Labute approximate surface area is 58.7 Å². The molecule has 1 aliphatic rings. The molecule has 9 heavy (non-hydrogen) atoms. The zero-order valence-corrected chi connectivity index (χ0v) is 7.07. The number of rotatable bonds is 1. The maximum atomic E-state index is 2.35. The number of hydrogen-bond donors (Lipinski definition) is 0. The molecule has 0 radical (unpaired) electrons. The van der Waals surface area contributed by atoms with Crippen molar-refractivity contribution in [2.75, 3.05) is 0 Å². The van der Waals surface area contributed by atoms with Crippen molar-refractivity contribution < 1.29 is 0 Å². The van der Waals surface area contributed by atoms with E-state index in [1.807, 2.05) is 0 Å². The van der Waals surface area contributed by atoms with Crippen LogP contribution in [0.2, 0.25) is 0 Å². The minimum absolute atomic E-state index is 0.584. The van der Waals surface area contributed by atoms with E-state index in [1.54, 1.807) is 0 Å². The molecule has 1 aliphatic carbocycles. The second kappa shape index (κ2) is 2.00. The van der Waals surface area contributed by atoms with Gasteiger partial charge in [-0.25, -0.2) is 0 Å². The van der Waals surface area contributed by atoms with E-state index in [4.69, 9.17) is 0 Å². The summed E-state index contributed by atoms with van der Waals surface area (Å²) in [6.07, 6.45) is 2.88. The molecule has 0 aromatic carbocycles. The van der Waals surface area contributed by atoms with Gasteiger partial charge in [0, 0.05) is 0 Å². The maximum Gasteiger partial charge on any atom is -0.0334 e. The molecule has 0 aromatic heterocycles. The molecule has 1 rings (SSSR count). The summed E-state index contributed by atoms with van der Waals surface area (Å²) in [6.45, 7) is 9.37. The van der Waals surface area contributed by atoms with Crippen LogP contribution >= 0.6 is 0 Å². The lowest BCUT2D eigenvalue weighted by Crippen LogP contribution is -2.08. The summed E-state index contributed by atoms with van der Waals surface area (Å²) in [6, 6.07) is 0. The van der Waals surface area contributed by atoms with Gasteiger partial charge in [0.25, 0.3) is 0 Å². The summed E-state index contributed by atoms with van der Waals surface area (Å²) in [7, 11) is 0. The Balaban J connectivity index is 2.33. The van der Waals surface area contributed by atoms with Gasteiger partial charge < -0.3 is 0 Å². The molecule has 2 atom stereocenters. The molecular weight excluding hydrogens is 108 g/mol. The van der Waals surface area contributed by atoms with Crippen LogP contribution in [0.4, 0.5) is 0 Å². The highest BCUT2D eigenvalue weighted by Gasteiger charge is 2.43. The fourth-order valence-electron chi connectivity index (χ4n) is 1.76. The van der Waals surface area contributed by atoms with Crippen molar-refractivity contribution in [3.8, 4) is 0 Å². The summed E-state index contributed by atoms with van der Waals surface area (Å²) in [5.74, 6) is 2.09. The maximum absolute atomic E-state index is 2.35. The van der Waals surface area contributed by atoms with Crippen LogP contribution in [0.15, 0.2) is 0 Å². The molecule has 0 saturated heterocycles. The first-order valence-electron chi connectivity index (χ1n) is 4.05. The Morgan fingerprint density at radius 3 is 2.00 bits per heavy atom. The Bertz CT molecular complexity index is 97.1. The quantitative estimate of drug-likeness (QED) is 0.506. The van der Waals surface area contributed by atoms with Crippen LogP contribution < -0.4 is 0 Å². The van der Waals surface area contributed by atoms with Gasteiger partial charge in [-0.1, -0.05) is 34.1 Å². The van der Waals surface area contributed by atoms with Crippen LogP contribution in [0.5, 0.6) is 0 Å². The second-order valence-corrected chi connectivity index (χ2v) is 4.38. The van der Waals surface area contributed by atoms with E-state index in [2.05, 4.69) is 27.7 Å². The fourth-order valence-corrected chi connectivity index (χ4v) is 1.76. The van der Waals surface area contributed by atoms with E-state index in [9.17, 15) is 0 Å². The van der Waals surface area contributed by atoms with Crippen LogP contribution in [-0.4, -0.2) is 0 Å². The molecule has 0 nitrogen and oxygen atoms in total. The normalized spacial score (nSPS) is 34.7. The highest BCUT2D eigenvalue weighted by atomic mass is 14.5. The lowest BCUT2D eigenvalue weighted by molar-refractivity contribution is 0.328. The van der Waals surface area contributed by atoms with Gasteiger partial charge >= 0.3 is 0 Å². The third-order valence-electron chi connectivity index (χ3n) is 2.56. The first-order valence-corrected chi connectivity index (χ1v) is 4.05. The molecule has 0 amide bonds. The van der Waals surface area contributed by atoms with Gasteiger partial charge in [0.05, 0.1) is 0 Å². The first-order chi connectivity index (χ1) is 4.05. The standard InChI is InChI=1S/C9H18/c1-5-7-6-8(7)9(2,3)4/h7-8H,5-6H2,1-4H3. The summed E-state index contributed by atoms with van der Waals surface area (Å²) in [4.78, 5) is 0. The molecule has 0 N–H and O–H groups in total. The van der Waals surface area contributed by atoms with Crippen molar-refractivity contribution >= 4 is 0 Å². The Kier molecular flexibility index (Phi) is 1.58. The molecule has 2 unspecified atom stereocenters. The van der Waals surface area contributed by atoms with Gasteiger partial charge in [0.15, 0.2) is 0 Å². The van der Waals surface area contributed by atoms with Crippen molar-refractivity contribution in [2.45, 2.75) is 40.5 Å². The molecule has 1 saturated carbocycles. The van der Waals surface area contributed by atoms with E-state index in [1.165, 1.54) is 12.8 Å². The zero-order chi connectivity index (χ0) is 7.07. The smallest absolute Gasteiger partial charge is 0.0334 e. The SMILES string of the molecule is CCC1CC1C(C)(C)C. The minimum Gasteiger partial charge on any atom is -0.0651 e. The molecule has 0 aliphatic heterocycles. The highest BCUT2D eigenvalue weighted by molar-refractivity contribution is 4.92. The van der Waals surface area contributed by atoms with E-state index in [0.717, 1.165) is 11.8 Å². The van der Waals surface area contributed by atoms with Crippen LogP contribution in [0.25, 0.3) is 0 Å². The van der Waals surface area contributed by atoms with Crippen molar-refractivity contribution in [1.82, 2.24) is 0 Å². The first kappa shape index (κ1) is 7.11. The molecule has 54 valence electrons. The van der Waals surface area contributed by atoms with Gasteiger partial charge in [0.1, 0.15) is 0 Å². The Morgan fingerprint density at radius 2 is 1.89 bits per heavy atom. The molecule has 0 aromatic rings. The second-order valence-electron chi connectivity index (χ2n) is 4.38. The van der Waals surface area contributed by atoms with Gasteiger partial charge in [0.2, 0.25) is 0 Å². The monoisotopic (exact) mass is 126 g/mol. The zero-order valence-electron chi connectivity index (χ0n) is 7.07. The minimum atomic E-state index is 0.584. The molecule has 1 fully saturated rings. The predicted octanol–water partition coefficient (Wildman–Crippen LogP) is 3.08. The topological polar surface area (TPSA) is 0 Å². The molecule has 0 heteroatoms. The van der Waals surface area contributed by atoms with Crippen LogP contribution in [0.1, 0.15) is 40.5 Å². The summed E-state index contributed by atoms with van der Waals surface area (Å²) >= 11 is 0. The van der Waals surface area contributed by atoms with Gasteiger partial charge in [-0.2, -0.15) is 0 Å². The Morgan fingerprint density at radius 1 is 1.33 bits per heavy atom. The van der Waals surface area contributed by atoms with Gasteiger partial charge in [-0.15, -0.1) is 0 Å². The third-order valence-corrected chi connectivity index (χ3v) is 2.56. The van der Waals surface area contributed by atoms with E-state index < -0.39 is 0 Å². The predicted molar refractivity (Wildman–Crippen MR) is 41.3 cm³/mol. The highest BCUT2D eigenvalue weighted by Crippen LogP contribution is 2.52. The lowest BCUT2D eigenvalue weighted by atomic mass is 9.88. The fraction of sp³-hybridized carbons (Fsp3) is 1.00. The van der Waals surface area contributed by atoms with Crippen LogP contribution in [-0.2, 0) is 0 Å². The average Bonchev–Trinajstić information content (AvgIpc) is 2.39. The molecular formula is C9H18. The van der Waals surface area contributed by atoms with E-state index >= 15 is 0 Å². The third kappa shape index (κ3) is 1.47. The van der Waals surface area contributed by atoms with E-state index in [-0.39, 0.29) is 0 Å². The summed E-state index contributed by atoms with van der Waals surface area (Å²) in [5, 5.41) is 0. The molecule has 0 heterocycles. The van der Waals surface area contributed by atoms with Gasteiger partial charge in [-0.3, -0.25) is 0 Å². The molecule has 0 spiro atoms.